The maximum Gasteiger partial charge on any atom is 0.0297 e. The minimum Gasteiger partial charge on any atom is -0.324 e. The number of hydrogen-bond acceptors (Lipinski definition) is 2. The van der Waals surface area contributed by atoms with Gasteiger partial charge in [0.1, 0.15) is 0 Å². The number of nitrogens with zero attached hydrogens (tertiary/aromatic N) is 1. The fourth-order valence-electron chi connectivity index (χ4n) is 3.28. The lowest BCUT2D eigenvalue weighted by atomic mass is 9.85. The topological polar surface area (TPSA) is 29.3 Å². The van der Waals surface area contributed by atoms with Crippen LogP contribution in [-0.4, -0.2) is 19.0 Å². The summed E-state index contributed by atoms with van der Waals surface area (Å²) in [5.41, 5.74) is 13.1. The zero-order chi connectivity index (χ0) is 14.8. The molecule has 1 aliphatic carbocycles. The average Bonchev–Trinajstić information content (AvgIpc) is 2.47. The van der Waals surface area contributed by atoms with Gasteiger partial charge in [0.25, 0.3) is 0 Å². The van der Waals surface area contributed by atoms with Gasteiger partial charge < -0.3 is 10.6 Å². The first-order valence-electron chi connectivity index (χ1n) is 7.76. The Bertz CT molecular complexity index is 631. The third-order valence-electron chi connectivity index (χ3n) is 4.32. The molecule has 3 rings (SSSR count). The molecular formula is C19H24N2. The largest absolute Gasteiger partial charge is 0.324 e. The highest BCUT2D eigenvalue weighted by Crippen LogP contribution is 2.33. The molecule has 1 atom stereocenters. The van der Waals surface area contributed by atoms with Gasteiger partial charge in [-0.2, -0.15) is 0 Å². The molecule has 0 saturated carbocycles. The van der Waals surface area contributed by atoms with Gasteiger partial charge in [-0.05, 0) is 67.2 Å². The zero-order valence-corrected chi connectivity index (χ0v) is 13.0. The highest BCUT2D eigenvalue weighted by Gasteiger charge is 2.17. The summed E-state index contributed by atoms with van der Waals surface area (Å²) in [5, 5.41) is 0. The van der Waals surface area contributed by atoms with Crippen LogP contribution in [0.4, 0.5) is 0 Å². The second-order valence-electron chi connectivity index (χ2n) is 6.31. The van der Waals surface area contributed by atoms with E-state index in [1.165, 1.54) is 40.7 Å². The lowest BCUT2D eigenvalue weighted by Crippen LogP contribution is -2.17. The van der Waals surface area contributed by atoms with Crippen molar-refractivity contribution in [3.8, 4) is 11.1 Å². The average molecular weight is 280 g/mol. The summed E-state index contributed by atoms with van der Waals surface area (Å²) >= 11 is 0. The lowest BCUT2D eigenvalue weighted by Gasteiger charge is -2.23. The molecule has 0 bridgehead atoms. The van der Waals surface area contributed by atoms with E-state index in [1.807, 2.05) is 0 Å². The molecule has 0 aliphatic heterocycles. The molecule has 1 unspecified atom stereocenters. The number of aryl methyl sites for hydroxylation is 1. The summed E-state index contributed by atoms with van der Waals surface area (Å²) in [4.78, 5) is 2.21. The molecule has 2 nitrogen and oxygen atoms in total. The summed E-state index contributed by atoms with van der Waals surface area (Å²) in [6.45, 7) is 0.958. The number of nitrogens with two attached hydrogens (primary N) is 1. The molecule has 0 fully saturated rings. The summed E-state index contributed by atoms with van der Waals surface area (Å²) in [6.07, 6.45) is 3.49. The van der Waals surface area contributed by atoms with E-state index in [0.29, 0.717) is 0 Å². The summed E-state index contributed by atoms with van der Waals surface area (Å²) in [7, 11) is 4.22. The fraction of sp³-hybridized carbons (Fsp3) is 0.368. The molecular weight excluding hydrogens is 256 g/mol. The quantitative estimate of drug-likeness (QED) is 0.927. The van der Waals surface area contributed by atoms with E-state index in [1.54, 1.807) is 0 Å². The van der Waals surface area contributed by atoms with E-state index in [9.17, 15) is 0 Å². The Morgan fingerprint density at radius 3 is 2.76 bits per heavy atom. The number of hydrogen-bond donors (Lipinski definition) is 1. The molecule has 2 aromatic rings. The Morgan fingerprint density at radius 1 is 1.14 bits per heavy atom. The van der Waals surface area contributed by atoms with Gasteiger partial charge in [0, 0.05) is 12.6 Å². The van der Waals surface area contributed by atoms with Crippen molar-refractivity contribution >= 4 is 0 Å². The number of benzene rings is 2. The second-order valence-corrected chi connectivity index (χ2v) is 6.31. The second kappa shape index (κ2) is 6.00. The molecule has 0 radical (unpaired) electrons. The van der Waals surface area contributed by atoms with E-state index in [0.717, 1.165) is 13.0 Å². The van der Waals surface area contributed by atoms with Crippen LogP contribution in [-0.2, 0) is 13.0 Å². The standard InChI is InChI=1S/C19H24N2/c1-21(2)13-16-6-3-4-8-17(16)15-11-10-14-7-5-9-19(20)18(14)12-15/h3-4,6,8,10-12,19H,5,7,9,13,20H2,1-2H3. The van der Waals surface area contributed by atoms with Crippen LogP contribution in [0.3, 0.4) is 0 Å². The van der Waals surface area contributed by atoms with E-state index >= 15 is 0 Å². The highest BCUT2D eigenvalue weighted by molar-refractivity contribution is 5.69. The molecule has 110 valence electrons. The first kappa shape index (κ1) is 14.3. The summed E-state index contributed by atoms with van der Waals surface area (Å²) in [6, 6.07) is 15.7. The van der Waals surface area contributed by atoms with Crippen LogP contribution in [0, 0.1) is 0 Å². The van der Waals surface area contributed by atoms with Gasteiger partial charge in [0.2, 0.25) is 0 Å². The van der Waals surface area contributed by atoms with Gasteiger partial charge in [-0.25, -0.2) is 0 Å². The van der Waals surface area contributed by atoms with Crippen molar-refractivity contribution in [2.45, 2.75) is 31.8 Å². The predicted octanol–water partition coefficient (Wildman–Crippen LogP) is 3.75. The van der Waals surface area contributed by atoms with Crippen LogP contribution in [0.5, 0.6) is 0 Å². The smallest absolute Gasteiger partial charge is 0.0297 e. The van der Waals surface area contributed by atoms with Crippen molar-refractivity contribution in [2.24, 2.45) is 5.73 Å². The number of fused-ring (bicyclic) bond motifs is 1. The monoisotopic (exact) mass is 280 g/mol. The van der Waals surface area contributed by atoms with Crippen LogP contribution in [0.2, 0.25) is 0 Å². The van der Waals surface area contributed by atoms with E-state index in [2.05, 4.69) is 61.5 Å². The molecule has 2 aromatic carbocycles. The van der Waals surface area contributed by atoms with Crippen molar-refractivity contribution in [1.82, 2.24) is 4.90 Å². The van der Waals surface area contributed by atoms with E-state index in [4.69, 9.17) is 5.73 Å². The van der Waals surface area contributed by atoms with Crippen molar-refractivity contribution in [3.63, 3.8) is 0 Å². The van der Waals surface area contributed by atoms with Gasteiger partial charge in [-0.15, -0.1) is 0 Å². The van der Waals surface area contributed by atoms with Crippen molar-refractivity contribution in [2.75, 3.05) is 14.1 Å². The molecule has 0 amide bonds. The Labute approximate surface area is 127 Å². The Kier molecular flexibility index (Phi) is 4.09. The van der Waals surface area contributed by atoms with E-state index in [-0.39, 0.29) is 6.04 Å². The minimum atomic E-state index is 0.203. The Balaban J connectivity index is 2.03. The van der Waals surface area contributed by atoms with Gasteiger partial charge in [-0.3, -0.25) is 0 Å². The molecule has 0 aromatic heterocycles. The van der Waals surface area contributed by atoms with Gasteiger partial charge in [0.05, 0.1) is 0 Å². The van der Waals surface area contributed by atoms with Crippen molar-refractivity contribution in [1.29, 1.82) is 0 Å². The normalized spacial score (nSPS) is 17.8. The Morgan fingerprint density at radius 2 is 1.95 bits per heavy atom. The fourth-order valence-corrected chi connectivity index (χ4v) is 3.28. The molecule has 0 spiro atoms. The first-order chi connectivity index (χ1) is 10.1. The van der Waals surface area contributed by atoms with Crippen LogP contribution in [0.1, 0.15) is 35.6 Å². The van der Waals surface area contributed by atoms with E-state index < -0.39 is 0 Å². The summed E-state index contributed by atoms with van der Waals surface area (Å²) in [5.74, 6) is 0. The molecule has 0 saturated heterocycles. The first-order valence-corrected chi connectivity index (χ1v) is 7.76. The van der Waals surface area contributed by atoms with Gasteiger partial charge in [-0.1, -0.05) is 36.4 Å². The number of rotatable bonds is 3. The lowest BCUT2D eigenvalue weighted by molar-refractivity contribution is 0.403. The SMILES string of the molecule is CN(C)Cc1ccccc1-c1ccc2c(c1)C(N)CCC2. The highest BCUT2D eigenvalue weighted by atomic mass is 15.0. The third-order valence-corrected chi connectivity index (χ3v) is 4.32. The van der Waals surface area contributed by atoms with Gasteiger partial charge in [0.15, 0.2) is 0 Å². The van der Waals surface area contributed by atoms with Crippen LogP contribution < -0.4 is 5.73 Å². The Hall–Kier alpha value is -1.64. The molecule has 2 heteroatoms. The van der Waals surface area contributed by atoms with Crippen LogP contribution >= 0.6 is 0 Å². The third kappa shape index (κ3) is 3.02. The maximum absolute atomic E-state index is 6.30. The van der Waals surface area contributed by atoms with Gasteiger partial charge >= 0.3 is 0 Å². The predicted molar refractivity (Wildman–Crippen MR) is 89.1 cm³/mol. The van der Waals surface area contributed by atoms with Crippen LogP contribution in [0.15, 0.2) is 42.5 Å². The van der Waals surface area contributed by atoms with Crippen molar-refractivity contribution < 1.29 is 0 Å². The van der Waals surface area contributed by atoms with Crippen molar-refractivity contribution in [3.05, 3.63) is 59.2 Å². The zero-order valence-electron chi connectivity index (χ0n) is 13.0. The molecule has 0 heterocycles. The molecule has 21 heavy (non-hydrogen) atoms. The van der Waals surface area contributed by atoms with Crippen LogP contribution in [0.25, 0.3) is 11.1 Å². The molecule has 2 N–H and O–H groups in total. The maximum atomic E-state index is 6.30. The molecule has 1 aliphatic rings. The summed E-state index contributed by atoms with van der Waals surface area (Å²) < 4.78 is 0. The minimum absolute atomic E-state index is 0.203.